The predicted octanol–water partition coefficient (Wildman–Crippen LogP) is 11.5. The van der Waals surface area contributed by atoms with Gasteiger partial charge in [-0.3, -0.25) is 0 Å². The molecule has 44 heavy (non-hydrogen) atoms. The van der Waals surface area contributed by atoms with Crippen molar-refractivity contribution in [1.29, 1.82) is 0 Å². The van der Waals surface area contributed by atoms with Gasteiger partial charge in [0, 0.05) is 38.3 Å². The fourth-order valence-electron chi connectivity index (χ4n) is 7.24. The lowest BCUT2D eigenvalue weighted by Gasteiger charge is -2.46. The van der Waals surface area contributed by atoms with E-state index in [9.17, 15) is 0 Å². The van der Waals surface area contributed by atoms with Crippen LogP contribution in [0.15, 0.2) is 117 Å². The van der Waals surface area contributed by atoms with Crippen LogP contribution in [0.5, 0.6) is 0 Å². The Morgan fingerprint density at radius 3 is 2.25 bits per heavy atom. The van der Waals surface area contributed by atoms with Crippen LogP contribution in [0, 0.1) is 17.8 Å². The summed E-state index contributed by atoms with van der Waals surface area (Å²) >= 11 is 1.81. The third-order valence-corrected chi connectivity index (χ3v) is 11.0. The van der Waals surface area contributed by atoms with Crippen LogP contribution in [-0.2, 0) is 7.05 Å². The van der Waals surface area contributed by atoms with Crippen molar-refractivity contribution in [3.63, 3.8) is 0 Å². The maximum absolute atomic E-state index is 6.95. The van der Waals surface area contributed by atoms with Crippen molar-refractivity contribution >= 4 is 33.7 Å². The fraction of sp³-hybridized carbons (Fsp3) is 0.293. The van der Waals surface area contributed by atoms with Crippen molar-refractivity contribution in [2.24, 2.45) is 17.9 Å². The highest BCUT2D eigenvalue weighted by atomic mass is 32.2. The van der Waals surface area contributed by atoms with Crippen LogP contribution in [0.3, 0.4) is 0 Å². The molecule has 0 radical (unpaired) electrons. The summed E-state index contributed by atoms with van der Waals surface area (Å²) in [5.41, 5.74) is 9.91. The second kappa shape index (κ2) is 11.0. The van der Waals surface area contributed by atoms with Crippen LogP contribution >= 0.6 is 11.8 Å². The van der Waals surface area contributed by atoms with Crippen molar-refractivity contribution in [2.45, 2.75) is 69.6 Å². The molecule has 3 heteroatoms. The van der Waals surface area contributed by atoms with E-state index in [1.165, 1.54) is 45.7 Å². The summed E-state index contributed by atoms with van der Waals surface area (Å²) in [7, 11) is 2.10. The molecule has 2 aromatic heterocycles. The number of nitrogens with zero attached hydrogens (tertiary/aromatic N) is 1. The molecule has 1 atom stereocenters. The molecule has 7 rings (SSSR count). The topological polar surface area (TPSA) is 17.0 Å². The minimum absolute atomic E-state index is 0.303. The molecule has 0 amide bonds. The minimum atomic E-state index is 0.303. The first kappa shape index (κ1) is 28.9. The van der Waals surface area contributed by atoms with Gasteiger partial charge in [-0.05, 0) is 90.0 Å². The lowest BCUT2D eigenvalue weighted by molar-refractivity contribution is -0.660. The zero-order valence-corrected chi connectivity index (χ0v) is 27.6. The van der Waals surface area contributed by atoms with Gasteiger partial charge >= 0.3 is 0 Å². The molecular weight excluding hydrogens is 555 g/mol. The summed E-state index contributed by atoms with van der Waals surface area (Å²) in [5, 5.41) is 2.32. The quantitative estimate of drug-likeness (QED) is 0.184. The second-order valence-electron chi connectivity index (χ2n) is 14.2. The van der Waals surface area contributed by atoms with E-state index in [1.807, 2.05) is 11.8 Å². The van der Waals surface area contributed by atoms with Gasteiger partial charge in [-0.1, -0.05) is 94.1 Å². The van der Waals surface area contributed by atoms with Crippen LogP contribution in [0.2, 0.25) is 0 Å². The number of hydrogen-bond acceptors (Lipinski definition) is 2. The third-order valence-electron chi connectivity index (χ3n) is 9.98. The zero-order chi connectivity index (χ0) is 30.6. The van der Waals surface area contributed by atoms with E-state index in [2.05, 4.69) is 149 Å². The average Bonchev–Trinajstić information content (AvgIpc) is 3.38. The Bertz CT molecular complexity index is 1980. The lowest BCUT2D eigenvalue weighted by atomic mass is 9.59. The highest BCUT2D eigenvalue weighted by Gasteiger charge is 2.40. The number of fused-ring (bicyclic) bond motifs is 3. The van der Waals surface area contributed by atoms with Gasteiger partial charge in [0.1, 0.15) is 18.2 Å². The lowest BCUT2D eigenvalue weighted by Crippen LogP contribution is -2.34. The first-order chi connectivity index (χ1) is 21.1. The van der Waals surface area contributed by atoms with Crippen LogP contribution in [0.25, 0.3) is 44.3 Å². The number of aromatic nitrogens is 1. The molecule has 6 aromatic rings. The van der Waals surface area contributed by atoms with E-state index in [1.54, 1.807) is 0 Å². The predicted molar refractivity (Wildman–Crippen MR) is 185 cm³/mol. The van der Waals surface area contributed by atoms with E-state index in [4.69, 9.17) is 4.42 Å². The molecule has 0 spiro atoms. The molecule has 1 aliphatic rings. The molecule has 2 nitrogen and oxygen atoms in total. The largest absolute Gasteiger partial charge is 0.454 e. The Labute approximate surface area is 266 Å². The molecule has 4 aromatic carbocycles. The first-order valence-electron chi connectivity index (χ1n) is 15.9. The highest BCUT2D eigenvalue weighted by molar-refractivity contribution is 7.99. The van der Waals surface area contributed by atoms with Gasteiger partial charge in [0.25, 0.3) is 0 Å². The van der Waals surface area contributed by atoms with Crippen molar-refractivity contribution in [3.8, 4) is 22.4 Å². The molecule has 0 N–H and O–H groups in total. The molecule has 222 valence electrons. The Morgan fingerprint density at radius 1 is 0.750 bits per heavy atom. The average molecular weight is 597 g/mol. The number of hydrogen-bond donors (Lipinski definition) is 0. The Hall–Kier alpha value is -3.82. The van der Waals surface area contributed by atoms with Gasteiger partial charge in [0.15, 0.2) is 6.20 Å². The van der Waals surface area contributed by atoms with Crippen LogP contribution in [-0.4, -0.2) is 0 Å². The van der Waals surface area contributed by atoms with Gasteiger partial charge in [-0.25, -0.2) is 4.57 Å². The SMILES string of the molecule is Cc1ccc2c(oc3c(-c4ccc(C5CC(C)(C)CCC5(C)C)cc4)cc(Sc4ccccc4)cc32)c1-c1cccc[n+]1C. The molecule has 1 saturated carbocycles. The van der Waals surface area contributed by atoms with E-state index in [-0.39, 0.29) is 0 Å². The second-order valence-corrected chi connectivity index (χ2v) is 15.4. The Morgan fingerprint density at radius 2 is 1.50 bits per heavy atom. The maximum atomic E-state index is 6.95. The van der Waals surface area contributed by atoms with E-state index in [0.29, 0.717) is 16.7 Å². The number of pyridine rings is 1. The summed E-state index contributed by atoms with van der Waals surface area (Å²) in [6.45, 7) is 12.0. The van der Waals surface area contributed by atoms with Gasteiger partial charge in [-0.15, -0.1) is 0 Å². The van der Waals surface area contributed by atoms with Gasteiger partial charge in [0.05, 0.1) is 5.56 Å². The van der Waals surface area contributed by atoms with Crippen LogP contribution < -0.4 is 4.57 Å². The summed E-state index contributed by atoms with van der Waals surface area (Å²) < 4.78 is 9.13. The van der Waals surface area contributed by atoms with Crippen LogP contribution in [0.1, 0.15) is 64.0 Å². The molecular formula is C41H42NOS+. The highest BCUT2D eigenvalue weighted by Crippen LogP contribution is 2.53. The molecule has 0 saturated heterocycles. The van der Waals surface area contributed by atoms with Crippen molar-refractivity contribution in [2.75, 3.05) is 0 Å². The Kier molecular flexibility index (Phi) is 7.21. The maximum Gasteiger partial charge on any atom is 0.216 e. The summed E-state index contributed by atoms with van der Waals surface area (Å²) in [4.78, 5) is 2.45. The molecule has 0 bridgehead atoms. The van der Waals surface area contributed by atoms with Gasteiger partial charge in [0.2, 0.25) is 5.69 Å². The normalized spacial score (nSPS) is 17.7. The summed E-state index contributed by atoms with van der Waals surface area (Å²) in [5.74, 6) is 0.559. The molecule has 2 heterocycles. The number of benzene rings is 4. The molecule has 1 fully saturated rings. The van der Waals surface area contributed by atoms with Gasteiger partial charge < -0.3 is 4.42 Å². The summed E-state index contributed by atoms with van der Waals surface area (Å²) in [6.07, 6.45) is 5.90. The summed E-state index contributed by atoms with van der Waals surface area (Å²) in [6, 6.07) is 35.5. The van der Waals surface area contributed by atoms with Gasteiger partial charge in [-0.2, -0.15) is 0 Å². The van der Waals surface area contributed by atoms with E-state index < -0.39 is 0 Å². The van der Waals surface area contributed by atoms with E-state index >= 15 is 0 Å². The number of aryl methyl sites for hydroxylation is 2. The number of furan rings is 1. The Balaban J connectivity index is 1.41. The molecule has 1 unspecified atom stereocenters. The number of rotatable bonds is 5. The smallest absolute Gasteiger partial charge is 0.216 e. The van der Waals surface area contributed by atoms with Crippen LogP contribution in [0.4, 0.5) is 0 Å². The molecule has 0 aliphatic heterocycles. The fourth-order valence-corrected chi connectivity index (χ4v) is 8.16. The zero-order valence-electron chi connectivity index (χ0n) is 26.8. The van der Waals surface area contributed by atoms with E-state index in [0.717, 1.165) is 38.8 Å². The standard InChI is InChI=1S/C41H42NOS/c1-27-15-20-32-34-25-31(44-30-12-8-7-9-13-30)24-33(38(34)43-39(32)37(27)36-14-10-11-23-42(36)6)28-16-18-29(19-17-28)35-26-40(2,3)21-22-41(35,4)5/h7-20,23-25,35H,21-22,26H2,1-6H3/q+1. The molecule has 1 aliphatic carbocycles. The monoisotopic (exact) mass is 596 g/mol. The third kappa shape index (κ3) is 5.26. The first-order valence-corrected chi connectivity index (χ1v) is 16.7. The van der Waals surface area contributed by atoms with Crippen molar-refractivity contribution < 1.29 is 8.98 Å². The van der Waals surface area contributed by atoms with Crippen molar-refractivity contribution in [3.05, 3.63) is 114 Å². The van der Waals surface area contributed by atoms with Crippen molar-refractivity contribution in [1.82, 2.24) is 0 Å². The minimum Gasteiger partial charge on any atom is -0.454 e.